The number of hydrogen-bond acceptors (Lipinski definition) is 2. The largest absolute Gasteiger partial charge is 0.378 e. The first-order valence-corrected chi connectivity index (χ1v) is 7.43. The molecule has 1 aliphatic rings. The topological polar surface area (TPSA) is 24.8 Å². The number of halogens is 1. The maximum atomic E-state index is 5.94. The molecule has 1 saturated heterocycles. The van der Waals surface area contributed by atoms with Gasteiger partial charge in [-0.2, -0.15) is 0 Å². The normalized spacial score (nSPS) is 16.0. The number of nitrogens with zero attached hydrogens (tertiary/aromatic N) is 2. The fraction of sp³-hybridized carbons (Fsp3) is 0.235. The van der Waals surface area contributed by atoms with Crippen LogP contribution in [0.25, 0.3) is 0 Å². The van der Waals surface area contributed by atoms with Crippen molar-refractivity contribution in [3.8, 4) is 0 Å². The predicted molar refractivity (Wildman–Crippen MR) is 86.5 cm³/mol. The third-order valence-corrected chi connectivity index (χ3v) is 3.66. The number of rotatable bonds is 2. The van der Waals surface area contributed by atoms with Gasteiger partial charge in [0.2, 0.25) is 0 Å². The van der Waals surface area contributed by atoms with E-state index in [0.717, 1.165) is 48.4 Å². The van der Waals surface area contributed by atoms with Gasteiger partial charge in [0.25, 0.3) is 0 Å². The van der Waals surface area contributed by atoms with Crippen molar-refractivity contribution in [3.63, 3.8) is 0 Å². The minimum Gasteiger partial charge on any atom is -0.378 e. The zero-order chi connectivity index (χ0) is 14.5. The van der Waals surface area contributed by atoms with Crippen LogP contribution in [0.1, 0.15) is 5.56 Å². The number of ether oxygens (including phenoxy) is 1. The first-order valence-electron chi connectivity index (χ1n) is 7.05. The molecular weight excluding hydrogens is 284 g/mol. The van der Waals surface area contributed by atoms with E-state index in [2.05, 4.69) is 17.0 Å². The lowest BCUT2D eigenvalue weighted by molar-refractivity contribution is 0.0683. The Balaban J connectivity index is 1.96. The highest BCUT2D eigenvalue weighted by atomic mass is 35.5. The standard InChI is InChI=1S/C17H17ClN2O/c18-15-6-8-16(9-7-15)19-17(14-4-2-1-3-5-14)20-10-12-21-13-11-20/h1-9H,10-13H2. The molecule has 0 amide bonds. The number of morpholine rings is 1. The molecule has 0 bridgehead atoms. The highest BCUT2D eigenvalue weighted by Crippen LogP contribution is 2.19. The summed E-state index contributed by atoms with van der Waals surface area (Å²) < 4.78 is 5.44. The van der Waals surface area contributed by atoms with Crippen molar-refractivity contribution in [1.82, 2.24) is 4.90 Å². The van der Waals surface area contributed by atoms with Gasteiger partial charge in [0, 0.05) is 23.7 Å². The van der Waals surface area contributed by atoms with Crippen molar-refractivity contribution < 1.29 is 4.74 Å². The van der Waals surface area contributed by atoms with Gasteiger partial charge in [0.15, 0.2) is 0 Å². The van der Waals surface area contributed by atoms with E-state index in [0.29, 0.717) is 0 Å². The molecule has 0 atom stereocenters. The molecule has 21 heavy (non-hydrogen) atoms. The van der Waals surface area contributed by atoms with Gasteiger partial charge >= 0.3 is 0 Å². The van der Waals surface area contributed by atoms with Crippen LogP contribution in [0.5, 0.6) is 0 Å². The highest BCUT2D eigenvalue weighted by molar-refractivity contribution is 6.30. The van der Waals surface area contributed by atoms with Crippen LogP contribution in [0, 0.1) is 0 Å². The summed E-state index contributed by atoms with van der Waals surface area (Å²) in [7, 11) is 0. The zero-order valence-electron chi connectivity index (χ0n) is 11.7. The number of aliphatic imine (C=N–C) groups is 1. The molecule has 1 fully saturated rings. The van der Waals surface area contributed by atoms with Gasteiger partial charge in [-0.1, -0.05) is 41.9 Å². The smallest absolute Gasteiger partial charge is 0.136 e. The molecule has 0 aromatic heterocycles. The molecule has 2 aromatic carbocycles. The average molecular weight is 301 g/mol. The molecule has 0 radical (unpaired) electrons. The quantitative estimate of drug-likeness (QED) is 0.623. The summed E-state index contributed by atoms with van der Waals surface area (Å²) in [5.74, 6) is 0.987. The van der Waals surface area contributed by atoms with Crippen molar-refractivity contribution in [2.75, 3.05) is 26.3 Å². The van der Waals surface area contributed by atoms with Gasteiger partial charge in [-0.15, -0.1) is 0 Å². The second-order valence-corrected chi connectivity index (χ2v) is 5.31. The minimum atomic E-state index is 0.724. The van der Waals surface area contributed by atoms with Gasteiger partial charge in [-0.05, 0) is 24.3 Å². The molecule has 3 nitrogen and oxygen atoms in total. The monoisotopic (exact) mass is 300 g/mol. The van der Waals surface area contributed by atoms with E-state index >= 15 is 0 Å². The van der Waals surface area contributed by atoms with Gasteiger partial charge in [0.1, 0.15) is 5.84 Å². The van der Waals surface area contributed by atoms with Gasteiger partial charge in [-0.3, -0.25) is 0 Å². The van der Waals surface area contributed by atoms with E-state index < -0.39 is 0 Å². The second kappa shape index (κ2) is 6.74. The second-order valence-electron chi connectivity index (χ2n) is 4.88. The van der Waals surface area contributed by atoms with Crippen LogP contribution in [-0.2, 0) is 4.74 Å². The number of hydrogen-bond donors (Lipinski definition) is 0. The Bertz CT molecular complexity index is 604. The summed E-state index contributed by atoms with van der Waals surface area (Å²) in [6.07, 6.45) is 0. The summed E-state index contributed by atoms with van der Waals surface area (Å²) in [6, 6.07) is 17.9. The Morgan fingerprint density at radius 3 is 2.29 bits per heavy atom. The molecule has 2 aromatic rings. The predicted octanol–water partition coefficient (Wildman–Crippen LogP) is 3.75. The maximum absolute atomic E-state index is 5.94. The molecule has 3 rings (SSSR count). The van der Waals surface area contributed by atoms with Gasteiger partial charge in [0.05, 0.1) is 18.9 Å². The first kappa shape index (κ1) is 14.1. The zero-order valence-corrected chi connectivity index (χ0v) is 12.5. The molecule has 4 heteroatoms. The highest BCUT2D eigenvalue weighted by Gasteiger charge is 2.16. The Morgan fingerprint density at radius 2 is 1.62 bits per heavy atom. The third-order valence-electron chi connectivity index (χ3n) is 3.40. The van der Waals surface area contributed by atoms with Crippen LogP contribution in [-0.4, -0.2) is 37.0 Å². The fourth-order valence-electron chi connectivity index (χ4n) is 2.32. The molecule has 108 valence electrons. The lowest BCUT2D eigenvalue weighted by Crippen LogP contribution is -2.41. The molecule has 0 aliphatic carbocycles. The Kier molecular flexibility index (Phi) is 4.53. The fourth-order valence-corrected chi connectivity index (χ4v) is 2.44. The van der Waals surface area contributed by atoms with Crippen LogP contribution in [0.15, 0.2) is 59.6 Å². The molecule has 0 N–H and O–H groups in total. The molecule has 0 unspecified atom stereocenters. The molecule has 0 saturated carbocycles. The molecule has 1 aliphatic heterocycles. The summed E-state index contributed by atoms with van der Waals surface area (Å²) in [4.78, 5) is 7.09. The van der Waals surface area contributed by atoms with Crippen LogP contribution in [0.4, 0.5) is 5.69 Å². The van der Waals surface area contributed by atoms with E-state index in [1.54, 1.807) is 0 Å². The lowest BCUT2D eigenvalue weighted by atomic mass is 10.1. The van der Waals surface area contributed by atoms with E-state index in [-0.39, 0.29) is 0 Å². The number of amidine groups is 1. The SMILES string of the molecule is Clc1ccc(N=C(c2ccccc2)N2CCOCC2)cc1. The van der Waals surface area contributed by atoms with Crippen LogP contribution < -0.4 is 0 Å². The molecule has 0 spiro atoms. The van der Waals surface area contributed by atoms with Crippen molar-refractivity contribution >= 4 is 23.1 Å². The Hall–Kier alpha value is -1.84. The van der Waals surface area contributed by atoms with Crippen molar-refractivity contribution in [3.05, 3.63) is 65.2 Å². The van der Waals surface area contributed by atoms with Gasteiger partial charge in [-0.25, -0.2) is 4.99 Å². The third kappa shape index (κ3) is 3.63. The average Bonchev–Trinajstić information content (AvgIpc) is 2.56. The van der Waals surface area contributed by atoms with Crippen molar-refractivity contribution in [2.24, 2.45) is 4.99 Å². The van der Waals surface area contributed by atoms with E-state index in [4.69, 9.17) is 21.3 Å². The summed E-state index contributed by atoms with van der Waals surface area (Å²) >= 11 is 5.94. The Morgan fingerprint density at radius 1 is 0.952 bits per heavy atom. The van der Waals surface area contributed by atoms with Crippen LogP contribution >= 0.6 is 11.6 Å². The van der Waals surface area contributed by atoms with E-state index in [1.807, 2.05) is 42.5 Å². The summed E-state index contributed by atoms with van der Waals surface area (Å²) in [5.41, 5.74) is 2.03. The maximum Gasteiger partial charge on any atom is 0.136 e. The molecular formula is C17H17ClN2O. The minimum absolute atomic E-state index is 0.724. The summed E-state index contributed by atoms with van der Waals surface area (Å²) in [6.45, 7) is 3.21. The van der Waals surface area contributed by atoms with E-state index in [9.17, 15) is 0 Å². The Labute approximate surface area is 129 Å². The lowest BCUT2D eigenvalue weighted by Gasteiger charge is -2.30. The van der Waals surface area contributed by atoms with Gasteiger partial charge < -0.3 is 9.64 Å². The van der Waals surface area contributed by atoms with Crippen LogP contribution in [0.2, 0.25) is 5.02 Å². The molecule has 1 heterocycles. The first-order chi connectivity index (χ1) is 10.3. The summed E-state index contributed by atoms with van der Waals surface area (Å²) in [5, 5.41) is 0.724. The van der Waals surface area contributed by atoms with Crippen LogP contribution in [0.3, 0.4) is 0 Å². The van der Waals surface area contributed by atoms with E-state index in [1.165, 1.54) is 0 Å². The number of benzene rings is 2. The van der Waals surface area contributed by atoms with Crippen molar-refractivity contribution in [2.45, 2.75) is 0 Å². The van der Waals surface area contributed by atoms with Crippen molar-refractivity contribution in [1.29, 1.82) is 0 Å².